The summed E-state index contributed by atoms with van der Waals surface area (Å²) in [5, 5.41) is 0. The van der Waals surface area contributed by atoms with Crippen LogP contribution in [0.1, 0.15) is 29.6 Å². The van der Waals surface area contributed by atoms with Crippen molar-refractivity contribution in [3.05, 3.63) is 72.6 Å². The molecule has 1 fully saturated rings. The maximum absolute atomic E-state index is 10.0. The predicted molar refractivity (Wildman–Crippen MR) is 110 cm³/mol. The third-order valence-electron chi connectivity index (χ3n) is 4.79. The Morgan fingerprint density at radius 2 is 1.33 bits per heavy atom. The fourth-order valence-corrected chi connectivity index (χ4v) is 3.34. The molecule has 2 aliphatic rings. The third-order valence-corrected chi connectivity index (χ3v) is 4.79. The van der Waals surface area contributed by atoms with Crippen molar-refractivity contribution in [3.63, 3.8) is 0 Å². The number of nitrogens with two attached hydrogens (primary N) is 2. The molecule has 2 bridgehead atoms. The van der Waals surface area contributed by atoms with Gasteiger partial charge >= 0.3 is 0 Å². The summed E-state index contributed by atoms with van der Waals surface area (Å²) in [6.45, 7) is 0. The normalized spacial score (nSPS) is 19.0. The van der Waals surface area contributed by atoms with Gasteiger partial charge in [-0.15, -0.1) is 0 Å². The number of rotatable bonds is 1. The van der Waals surface area contributed by atoms with E-state index >= 15 is 0 Å². The lowest BCUT2D eigenvalue weighted by Gasteiger charge is -2.00. The first-order chi connectivity index (χ1) is 13.2. The van der Waals surface area contributed by atoms with Crippen LogP contribution in [-0.2, 0) is 0 Å². The Bertz CT molecular complexity index is 871. The summed E-state index contributed by atoms with van der Waals surface area (Å²) in [5.41, 5.74) is 14.6. The van der Waals surface area contributed by atoms with Crippen LogP contribution in [-0.4, -0.2) is 16.3 Å². The van der Waals surface area contributed by atoms with Crippen molar-refractivity contribution in [2.45, 2.75) is 19.3 Å². The smallest absolute Gasteiger partial charge is 0.150 e. The Balaban J connectivity index is 0.000000122. The van der Waals surface area contributed by atoms with E-state index in [1.165, 1.54) is 19.3 Å². The van der Waals surface area contributed by atoms with Gasteiger partial charge in [0.1, 0.15) is 17.3 Å². The molecule has 2 heterocycles. The van der Waals surface area contributed by atoms with Crippen molar-refractivity contribution in [3.8, 4) is 0 Å². The summed E-state index contributed by atoms with van der Waals surface area (Å²) in [6.07, 6.45) is 13.3. The van der Waals surface area contributed by atoms with Crippen LogP contribution in [0, 0.1) is 11.8 Å². The lowest BCUT2D eigenvalue weighted by molar-refractivity contribution is 0.112. The maximum atomic E-state index is 10.0. The summed E-state index contributed by atoms with van der Waals surface area (Å²) >= 11 is 0. The number of carbonyl (C=O) groups is 1. The molecule has 0 spiro atoms. The van der Waals surface area contributed by atoms with Crippen LogP contribution in [0.4, 0.5) is 11.4 Å². The summed E-state index contributed by atoms with van der Waals surface area (Å²) < 4.78 is 0. The zero-order valence-electron chi connectivity index (χ0n) is 15.2. The van der Waals surface area contributed by atoms with Crippen molar-refractivity contribution in [1.29, 1.82) is 0 Å². The SMILES string of the molecule is C1=CC2CCC1C2.Nc1ccnc2c(N)ccnc12.O=Cc1ccccc1. The molecule has 5 rings (SSSR count). The minimum atomic E-state index is 0.604. The van der Waals surface area contributed by atoms with Gasteiger partial charge in [-0.1, -0.05) is 42.5 Å². The predicted octanol–water partition coefficient (Wildman–Crippen LogP) is 4.27. The van der Waals surface area contributed by atoms with Crippen LogP contribution >= 0.6 is 0 Å². The van der Waals surface area contributed by atoms with Crippen LogP contribution in [0.25, 0.3) is 11.0 Å². The molecule has 3 aromatic rings. The molecule has 1 aromatic carbocycles. The van der Waals surface area contributed by atoms with E-state index in [0.717, 1.165) is 23.7 Å². The number of anilines is 2. The molecule has 138 valence electrons. The minimum absolute atomic E-state index is 0.604. The number of fused-ring (bicyclic) bond motifs is 3. The Morgan fingerprint density at radius 3 is 1.67 bits per heavy atom. The molecule has 0 amide bonds. The maximum Gasteiger partial charge on any atom is 0.150 e. The van der Waals surface area contributed by atoms with Crippen LogP contribution < -0.4 is 11.5 Å². The largest absolute Gasteiger partial charge is 0.397 e. The van der Waals surface area contributed by atoms with Gasteiger partial charge in [-0.25, -0.2) is 0 Å². The van der Waals surface area contributed by atoms with E-state index in [2.05, 4.69) is 22.1 Å². The molecule has 1 saturated carbocycles. The first kappa shape index (κ1) is 18.6. The Kier molecular flexibility index (Phi) is 6.15. The number of carbonyl (C=O) groups excluding carboxylic acids is 1. The number of aldehydes is 1. The molecule has 0 radical (unpaired) electrons. The minimum Gasteiger partial charge on any atom is -0.397 e. The number of hydrogen-bond acceptors (Lipinski definition) is 5. The van der Waals surface area contributed by atoms with E-state index in [0.29, 0.717) is 22.4 Å². The van der Waals surface area contributed by atoms with Gasteiger partial charge in [-0.3, -0.25) is 14.8 Å². The first-order valence-corrected chi connectivity index (χ1v) is 9.10. The van der Waals surface area contributed by atoms with Gasteiger partial charge in [0.15, 0.2) is 0 Å². The van der Waals surface area contributed by atoms with Crippen molar-refractivity contribution in [2.75, 3.05) is 11.5 Å². The zero-order chi connectivity index (χ0) is 19.1. The molecule has 27 heavy (non-hydrogen) atoms. The number of nitrogen functional groups attached to an aromatic ring is 2. The summed E-state index contributed by atoms with van der Waals surface area (Å²) in [6, 6.07) is 12.5. The quantitative estimate of drug-likeness (QED) is 0.499. The molecule has 2 unspecified atom stereocenters. The monoisotopic (exact) mass is 360 g/mol. The standard InChI is InChI=1S/C8H8N4.C7H6O.C7H10/c9-5-1-3-11-8-6(10)2-4-12-7(5)8;8-6-7-4-2-1-3-5-7;1-2-7-4-3-6(1)5-7/h1-4H,(H2,9,11)(H2,10,12);1-6H;1-2,6-7H,3-5H2. The van der Waals surface area contributed by atoms with E-state index in [4.69, 9.17) is 11.5 Å². The van der Waals surface area contributed by atoms with Gasteiger partial charge < -0.3 is 11.5 Å². The molecule has 5 heteroatoms. The highest BCUT2D eigenvalue weighted by Gasteiger charge is 2.25. The van der Waals surface area contributed by atoms with Gasteiger partial charge in [-0.05, 0) is 43.2 Å². The number of pyridine rings is 2. The lowest BCUT2D eigenvalue weighted by Crippen LogP contribution is -1.95. The molecule has 0 saturated heterocycles. The second-order valence-electron chi connectivity index (χ2n) is 6.74. The molecular formula is C22H24N4O. The second-order valence-corrected chi connectivity index (χ2v) is 6.74. The summed E-state index contributed by atoms with van der Waals surface area (Å²) in [4.78, 5) is 18.2. The highest BCUT2D eigenvalue weighted by atomic mass is 16.1. The first-order valence-electron chi connectivity index (χ1n) is 9.10. The van der Waals surface area contributed by atoms with E-state index in [9.17, 15) is 4.79 Å². The number of benzene rings is 1. The van der Waals surface area contributed by atoms with Crippen LogP contribution in [0.3, 0.4) is 0 Å². The van der Waals surface area contributed by atoms with Gasteiger partial charge in [0.25, 0.3) is 0 Å². The van der Waals surface area contributed by atoms with Gasteiger partial charge in [0.2, 0.25) is 0 Å². The Hall–Kier alpha value is -3.21. The molecule has 2 atom stereocenters. The molecule has 2 aromatic heterocycles. The highest BCUT2D eigenvalue weighted by molar-refractivity contribution is 5.93. The summed E-state index contributed by atoms with van der Waals surface area (Å²) in [5.74, 6) is 1.98. The third kappa shape index (κ3) is 4.91. The van der Waals surface area contributed by atoms with Crippen molar-refractivity contribution >= 4 is 28.7 Å². The van der Waals surface area contributed by atoms with Crippen molar-refractivity contribution in [2.24, 2.45) is 11.8 Å². The average molecular weight is 360 g/mol. The molecule has 5 nitrogen and oxygen atoms in total. The Labute approximate surface area is 159 Å². The summed E-state index contributed by atoms with van der Waals surface area (Å²) in [7, 11) is 0. The van der Waals surface area contributed by atoms with E-state index < -0.39 is 0 Å². The van der Waals surface area contributed by atoms with Crippen LogP contribution in [0.2, 0.25) is 0 Å². The molecule has 4 N–H and O–H groups in total. The Morgan fingerprint density at radius 1 is 0.815 bits per heavy atom. The second kappa shape index (κ2) is 8.94. The van der Waals surface area contributed by atoms with E-state index in [1.807, 2.05) is 18.2 Å². The van der Waals surface area contributed by atoms with E-state index in [-0.39, 0.29) is 0 Å². The lowest BCUT2D eigenvalue weighted by atomic mass is 10.1. The van der Waals surface area contributed by atoms with Crippen molar-refractivity contribution < 1.29 is 4.79 Å². The van der Waals surface area contributed by atoms with Gasteiger partial charge in [-0.2, -0.15) is 0 Å². The number of hydrogen-bond donors (Lipinski definition) is 2. The zero-order valence-corrected chi connectivity index (χ0v) is 15.2. The van der Waals surface area contributed by atoms with Crippen molar-refractivity contribution in [1.82, 2.24) is 9.97 Å². The number of aromatic nitrogens is 2. The fraction of sp³-hybridized carbons (Fsp3) is 0.227. The molecular weight excluding hydrogens is 336 g/mol. The molecule has 2 aliphatic carbocycles. The highest BCUT2D eigenvalue weighted by Crippen LogP contribution is 2.38. The van der Waals surface area contributed by atoms with Crippen LogP contribution in [0.5, 0.6) is 0 Å². The average Bonchev–Trinajstić information content (AvgIpc) is 3.37. The molecule has 0 aliphatic heterocycles. The number of nitrogens with zero attached hydrogens (tertiary/aromatic N) is 2. The van der Waals surface area contributed by atoms with Gasteiger partial charge in [0.05, 0.1) is 11.4 Å². The topological polar surface area (TPSA) is 94.9 Å². The fourth-order valence-electron chi connectivity index (χ4n) is 3.34. The van der Waals surface area contributed by atoms with Crippen LogP contribution in [0.15, 0.2) is 67.0 Å². The number of allylic oxidation sites excluding steroid dienone is 2. The van der Waals surface area contributed by atoms with E-state index in [1.54, 1.807) is 36.7 Å². The van der Waals surface area contributed by atoms with Gasteiger partial charge in [0, 0.05) is 18.0 Å².